The van der Waals surface area contributed by atoms with E-state index in [1.54, 1.807) is 0 Å². The second-order valence-corrected chi connectivity index (χ2v) is 22.3. The number of rotatable bonds is 16. The molecule has 0 radical (unpaired) electrons. The summed E-state index contributed by atoms with van der Waals surface area (Å²) in [7, 11) is -3.67. The van der Waals surface area contributed by atoms with E-state index in [0.717, 1.165) is 108 Å². The average Bonchev–Trinajstić information content (AvgIpc) is 1.67. The molecule has 0 amide bonds. The molecule has 1 aliphatic heterocycles. The van der Waals surface area contributed by atoms with Crippen LogP contribution in [0.25, 0.3) is 79.2 Å². The minimum atomic E-state index is -3.67. The Kier molecular flexibility index (Phi) is 21.6. The Balaban J connectivity index is 0.000000177. The van der Waals surface area contributed by atoms with Crippen molar-refractivity contribution in [2.75, 3.05) is 9.91 Å². The Hall–Kier alpha value is -12.5. The summed E-state index contributed by atoms with van der Waals surface area (Å²) < 4.78 is 49.7. The first-order valence-electron chi connectivity index (χ1n) is 31.5. The number of aromatic nitrogens is 7. The Bertz CT molecular complexity index is 4810. The quantitative estimate of drug-likeness (QED) is 0.0412. The van der Waals surface area contributed by atoms with Gasteiger partial charge in [-0.05, 0) is 96.6 Å². The van der Waals surface area contributed by atoms with Crippen molar-refractivity contribution in [2.24, 2.45) is 5.10 Å². The molecule has 0 bridgehead atoms. The third-order valence-corrected chi connectivity index (χ3v) is 15.7. The van der Waals surface area contributed by atoms with Gasteiger partial charge >= 0.3 is 13.4 Å². The fraction of sp³-hybridized carbons (Fsp3) is 0. The van der Waals surface area contributed by atoms with Crippen molar-refractivity contribution < 1.29 is 52.8 Å². The zero-order valence-electron chi connectivity index (χ0n) is 53.2. The number of amidine groups is 1. The van der Waals surface area contributed by atoms with Gasteiger partial charge in [0.05, 0.1) is 39.1 Å². The molecule has 492 valence electrons. The molecule has 0 spiro atoms. The molecular formula is C82H58BF4N10O2Pt-3. The van der Waals surface area contributed by atoms with Gasteiger partial charge in [0.25, 0.3) is 0 Å². The number of ether oxygens (including phenoxy) is 2. The molecule has 15 aromatic rings. The van der Waals surface area contributed by atoms with E-state index in [1.165, 1.54) is 0 Å². The Morgan fingerprint density at radius 1 is 0.390 bits per heavy atom. The first kappa shape index (κ1) is 67.5. The van der Waals surface area contributed by atoms with Crippen molar-refractivity contribution in [3.8, 4) is 102 Å². The number of para-hydroxylation sites is 4. The molecule has 0 atom stereocenters. The van der Waals surface area contributed by atoms with Gasteiger partial charge in [-0.25, -0.2) is 14.5 Å². The summed E-state index contributed by atoms with van der Waals surface area (Å²) in [6, 6.07) is 120. The molecule has 0 aliphatic carbocycles. The topological polar surface area (TPSA) is 94.6 Å². The van der Waals surface area contributed by atoms with Gasteiger partial charge in [-0.1, -0.05) is 223 Å². The van der Waals surface area contributed by atoms with E-state index in [1.807, 2.05) is 257 Å². The summed E-state index contributed by atoms with van der Waals surface area (Å²) in [6.07, 6.45) is 2.00. The fourth-order valence-electron chi connectivity index (χ4n) is 11.2. The molecule has 12 nitrogen and oxygen atoms in total. The molecule has 0 N–H and O–H groups in total. The number of anilines is 2. The Morgan fingerprint density at radius 2 is 0.830 bits per heavy atom. The van der Waals surface area contributed by atoms with E-state index in [-0.39, 0.29) is 25.8 Å². The molecule has 4 heterocycles. The zero-order valence-corrected chi connectivity index (χ0v) is 55.5. The van der Waals surface area contributed by atoms with Crippen LogP contribution in [0.5, 0.6) is 23.0 Å². The predicted octanol–water partition coefficient (Wildman–Crippen LogP) is 16.4. The van der Waals surface area contributed by atoms with Crippen LogP contribution in [0.15, 0.2) is 351 Å². The van der Waals surface area contributed by atoms with Crippen molar-refractivity contribution in [2.45, 2.75) is 0 Å². The van der Waals surface area contributed by atoms with Gasteiger partial charge in [0.15, 0.2) is 0 Å². The fourth-order valence-corrected chi connectivity index (χ4v) is 11.2. The maximum Gasteiger partial charge on any atom is 0.762 e. The van der Waals surface area contributed by atoms with Gasteiger partial charge in [-0.3, -0.25) is 12.9 Å². The van der Waals surface area contributed by atoms with E-state index in [9.17, 15) is 12.9 Å². The maximum absolute atomic E-state index is 9.67. The van der Waals surface area contributed by atoms with E-state index >= 15 is 0 Å². The molecule has 1 aliphatic rings. The summed E-state index contributed by atoms with van der Waals surface area (Å²) in [5.41, 5.74) is 15.4. The summed E-state index contributed by atoms with van der Waals surface area (Å²) in [6.45, 7) is 1.97. The molecule has 0 unspecified atom stereocenters. The van der Waals surface area contributed by atoms with Crippen LogP contribution in [-0.4, -0.2) is 42.7 Å². The minimum absolute atomic E-state index is 0. The van der Waals surface area contributed by atoms with Gasteiger partial charge in [-0.2, -0.15) is 20.8 Å². The van der Waals surface area contributed by atoms with Crippen molar-refractivity contribution in [1.29, 1.82) is 0 Å². The smallest absolute Gasteiger partial charge is 0.762 e. The molecule has 12 aromatic carbocycles. The Morgan fingerprint density at radius 3 is 1.41 bits per heavy atom. The van der Waals surface area contributed by atoms with Crippen LogP contribution >= 0.6 is 0 Å². The Labute approximate surface area is 590 Å². The summed E-state index contributed by atoms with van der Waals surface area (Å²) in [4.78, 5) is 2.08. The van der Waals surface area contributed by atoms with Crippen LogP contribution in [0.3, 0.4) is 0 Å². The van der Waals surface area contributed by atoms with Gasteiger partial charge in [0, 0.05) is 66.7 Å². The van der Waals surface area contributed by atoms with Gasteiger partial charge in [0.2, 0.25) is 6.33 Å². The van der Waals surface area contributed by atoms with Crippen LogP contribution in [0.4, 0.5) is 24.3 Å². The standard InChI is InChI=1S/C41H30N5O.C41H28N5O.BF3.FH.Pt/c2*1-5-15-31(16-6-1)40-29-39(42-46(40)35-22-11-4-12-23-35)33-19-13-25-37(27-33)47-38-26-14-24-36(28-38)45-30-44(34-20-9-3-10-21-34)41(43-45)32-17-7-2-8-18-32;2-1(3)4;;/h1-30H;1-26,29-30H;;1H;/q+1;-3;;;/p-1. The number of hydrogen-bond donors (Lipinski definition) is 0. The second-order valence-electron chi connectivity index (χ2n) is 22.3. The zero-order chi connectivity index (χ0) is 66.4. The molecular weight excluding hydrogens is 1440 g/mol. The average molecular weight is 1500 g/mol. The molecule has 3 aromatic heterocycles. The number of halogens is 4. The van der Waals surface area contributed by atoms with Crippen LogP contribution in [-0.2, 0) is 21.1 Å². The summed E-state index contributed by atoms with van der Waals surface area (Å²) >= 11 is 0. The molecule has 0 saturated heterocycles. The molecule has 0 fully saturated rings. The third kappa shape index (κ3) is 16.0. The first-order chi connectivity index (χ1) is 48.3. The largest absolute Gasteiger partial charge is 1.00 e. The van der Waals surface area contributed by atoms with Gasteiger partial charge in [-0.15, -0.1) is 48.6 Å². The summed E-state index contributed by atoms with van der Waals surface area (Å²) in [5, 5.41) is 21.8. The number of hydrogen-bond acceptors (Lipinski definition) is 8. The summed E-state index contributed by atoms with van der Waals surface area (Å²) in [5.74, 6) is 4.22. The van der Waals surface area contributed by atoms with E-state index in [0.29, 0.717) is 17.2 Å². The number of hydrazone groups is 1. The molecule has 16 rings (SSSR count). The van der Waals surface area contributed by atoms with Crippen LogP contribution in [0, 0.1) is 18.8 Å². The van der Waals surface area contributed by atoms with Gasteiger partial charge < -0.3 is 24.1 Å². The van der Waals surface area contributed by atoms with Crippen LogP contribution in [0.2, 0.25) is 0 Å². The van der Waals surface area contributed by atoms with Gasteiger partial charge in [0.1, 0.15) is 28.7 Å². The van der Waals surface area contributed by atoms with Crippen molar-refractivity contribution in [3.05, 3.63) is 370 Å². The van der Waals surface area contributed by atoms with Crippen LogP contribution in [0.1, 0.15) is 5.56 Å². The first-order valence-corrected chi connectivity index (χ1v) is 31.5. The van der Waals surface area contributed by atoms with E-state index in [2.05, 4.69) is 137 Å². The predicted molar refractivity (Wildman–Crippen MR) is 381 cm³/mol. The van der Waals surface area contributed by atoms with E-state index in [4.69, 9.17) is 29.9 Å². The number of benzene rings is 12. The maximum atomic E-state index is 9.67. The van der Waals surface area contributed by atoms with Crippen molar-refractivity contribution >= 4 is 24.8 Å². The molecule has 18 heteroatoms. The van der Waals surface area contributed by atoms with Crippen molar-refractivity contribution in [3.63, 3.8) is 0 Å². The molecule has 0 saturated carbocycles. The van der Waals surface area contributed by atoms with Crippen LogP contribution < -0.4 is 28.7 Å². The minimum Gasteiger partial charge on any atom is -1.00 e. The number of nitrogens with zero attached hydrogens (tertiary/aromatic N) is 10. The monoisotopic (exact) mass is 1500 g/mol. The normalized spacial score (nSPS) is 11.4. The third-order valence-electron chi connectivity index (χ3n) is 15.7. The molecule has 100 heavy (non-hydrogen) atoms. The SMILES string of the molecule is FB(F)F.[F-].[Pt].[c-]1c(Oc2[c-]c(N3[CH-]N(c4ccccc4)C(c4ccccc4)=N3)ccc2)cccc1-c1cc(-c2ccccc2)n(-c2ccccc2)n1.c1ccc(-c2cc(-c3cccc(Oc4cccc(-n5c[n+](-c6ccccc6)c(-c6ccccc6)n5)c4)c3)nn2-c2ccccc2)cc1. The second kappa shape index (κ2) is 32.1. The van der Waals surface area contributed by atoms with Crippen molar-refractivity contribution in [1.82, 2.24) is 29.3 Å². The van der Waals surface area contributed by atoms with E-state index < -0.39 is 7.54 Å².